The van der Waals surface area contributed by atoms with Crippen LogP contribution in [0, 0.1) is 6.92 Å². The molecule has 0 aliphatic rings. The summed E-state index contributed by atoms with van der Waals surface area (Å²) in [5, 5.41) is 10.0. The quantitative estimate of drug-likeness (QED) is 0.715. The Morgan fingerprint density at radius 3 is 2.85 bits per heavy atom. The lowest BCUT2D eigenvalue weighted by atomic mass is 10.1. The van der Waals surface area contributed by atoms with Crippen LogP contribution < -0.4 is 0 Å². The van der Waals surface area contributed by atoms with Crippen molar-refractivity contribution in [2.45, 2.75) is 13.5 Å². The Balaban J connectivity index is 2.74. The summed E-state index contributed by atoms with van der Waals surface area (Å²) in [7, 11) is 0. The molecular formula is C11H11NO. The number of aliphatic hydroxyl groups excluding tert-OH is 1. The number of fused-ring (bicyclic) bond motifs is 1. The molecule has 0 atom stereocenters. The van der Waals surface area contributed by atoms with E-state index < -0.39 is 0 Å². The highest BCUT2D eigenvalue weighted by Gasteiger charge is 1.98. The van der Waals surface area contributed by atoms with Gasteiger partial charge >= 0.3 is 0 Å². The fourth-order valence-corrected chi connectivity index (χ4v) is 1.42. The molecule has 2 aromatic rings. The Morgan fingerprint density at radius 2 is 2.08 bits per heavy atom. The van der Waals surface area contributed by atoms with Crippen LogP contribution in [0.25, 0.3) is 10.9 Å². The van der Waals surface area contributed by atoms with Gasteiger partial charge in [0.15, 0.2) is 0 Å². The zero-order chi connectivity index (χ0) is 9.26. The smallest absolute Gasteiger partial charge is 0.0853 e. The van der Waals surface area contributed by atoms with Crippen molar-refractivity contribution in [3.8, 4) is 0 Å². The van der Waals surface area contributed by atoms with Gasteiger partial charge in [0.25, 0.3) is 0 Å². The van der Waals surface area contributed by atoms with Crippen molar-refractivity contribution < 1.29 is 5.11 Å². The van der Waals surface area contributed by atoms with E-state index >= 15 is 0 Å². The maximum absolute atomic E-state index is 8.93. The van der Waals surface area contributed by atoms with Gasteiger partial charge in [-0.3, -0.25) is 4.98 Å². The third-order valence-corrected chi connectivity index (χ3v) is 2.14. The molecule has 0 unspecified atom stereocenters. The molecule has 1 heterocycles. The highest BCUT2D eigenvalue weighted by Crippen LogP contribution is 2.16. The van der Waals surface area contributed by atoms with E-state index in [1.54, 1.807) is 0 Å². The average Bonchev–Trinajstić information content (AvgIpc) is 2.18. The van der Waals surface area contributed by atoms with Gasteiger partial charge in [-0.05, 0) is 18.6 Å². The Morgan fingerprint density at radius 1 is 1.23 bits per heavy atom. The first kappa shape index (κ1) is 8.20. The van der Waals surface area contributed by atoms with Gasteiger partial charge in [0, 0.05) is 5.39 Å². The van der Waals surface area contributed by atoms with E-state index in [9.17, 15) is 0 Å². The molecule has 2 heteroatoms. The monoisotopic (exact) mass is 173 g/mol. The molecule has 0 amide bonds. The van der Waals surface area contributed by atoms with Crippen molar-refractivity contribution in [2.75, 3.05) is 0 Å². The first-order valence-electron chi connectivity index (χ1n) is 4.27. The number of aromatic nitrogens is 1. The number of aryl methyl sites for hydroxylation is 1. The average molecular weight is 173 g/mol. The maximum atomic E-state index is 8.93. The van der Waals surface area contributed by atoms with E-state index in [2.05, 4.69) is 4.98 Å². The van der Waals surface area contributed by atoms with Crippen molar-refractivity contribution in [3.63, 3.8) is 0 Å². The van der Waals surface area contributed by atoms with Crippen LogP contribution in [0.2, 0.25) is 0 Å². The lowest BCUT2D eigenvalue weighted by Crippen LogP contribution is -1.90. The number of rotatable bonds is 1. The van der Waals surface area contributed by atoms with Crippen LogP contribution in [-0.2, 0) is 6.61 Å². The van der Waals surface area contributed by atoms with Crippen molar-refractivity contribution in [1.29, 1.82) is 0 Å². The van der Waals surface area contributed by atoms with Crippen molar-refractivity contribution in [3.05, 3.63) is 41.6 Å². The molecule has 0 radical (unpaired) electrons. The van der Waals surface area contributed by atoms with E-state index in [1.165, 1.54) is 0 Å². The second-order valence-electron chi connectivity index (χ2n) is 3.11. The molecule has 1 aromatic carbocycles. The Kier molecular flexibility index (Phi) is 1.99. The predicted molar refractivity (Wildman–Crippen MR) is 52.4 cm³/mol. The zero-order valence-corrected chi connectivity index (χ0v) is 7.49. The molecule has 0 saturated heterocycles. The Bertz CT molecular complexity index is 437. The number of aliphatic hydroxyl groups is 1. The van der Waals surface area contributed by atoms with Gasteiger partial charge in [0.05, 0.1) is 17.8 Å². The molecule has 0 bridgehead atoms. The van der Waals surface area contributed by atoms with Crippen LogP contribution in [0.3, 0.4) is 0 Å². The van der Waals surface area contributed by atoms with Gasteiger partial charge in [0.1, 0.15) is 0 Å². The minimum absolute atomic E-state index is 0.00424. The molecule has 1 aromatic heterocycles. The second kappa shape index (κ2) is 3.15. The molecule has 1 N–H and O–H groups in total. The van der Waals surface area contributed by atoms with E-state index in [1.807, 2.05) is 37.3 Å². The van der Waals surface area contributed by atoms with E-state index in [-0.39, 0.29) is 6.61 Å². The lowest BCUT2D eigenvalue weighted by Gasteiger charge is -2.02. The number of benzene rings is 1. The number of hydrogen-bond donors (Lipinski definition) is 1. The number of nitrogens with zero attached hydrogens (tertiary/aromatic N) is 1. The fourth-order valence-electron chi connectivity index (χ4n) is 1.42. The molecule has 0 aliphatic heterocycles. The van der Waals surface area contributed by atoms with Crippen LogP contribution in [0.15, 0.2) is 30.3 Å². The number of hydrogen-bond acceptors (Lipinski definition) is 2. The van der Waals surface area contributed by atoms with Crippen LogP contribution in [0.5, 0.6) is 0 Å². The third-order valence-electron chi connectivity index (χ3n) is 2.14. The summed E-state index contributed by atoms with van der Waals surface area (Å²) in [5.41, 5.74) is 2.85. The summed E-state index contributed by atoms with van der Waals surface area (Å²) in [6.07, 6.45) is 0. The van der Waals surface area contributed by atoms with Gasteiger partial charge in [-0.15, -0.1) is 0 Å². The molecule has 2 rings (SSSR count). The Hall–Kier alpha value is -1.41. The van der Waals surface area contributed by atoms with Gasteiger partial charge in [-0.1, -0.05) is 24.3 Å². The summed E-state index contributed by atoms with van der Waals surface area (Å²) in [4.78, 5) is 4.34. The lowest BCUT2D eigenvalue weighted by molar-refractivity contribution is 0.277. The summed E-state index contributed by atoms with van der Waals surface area (Å²) >= 11 is 0. The van der Waals surface area contributed by atoms with Crippen LogP contribution in [-0.4, -0.2) is 10.1 Å². The standard InChI is InChI=1S/C11H11NO/c1-8-3-2-4-9-5-6-10(7-13)12-11(8)9/h2-6,13H,7H2,1H3. The summed E-state index contributed by atoms with van der Waals surface area (Å²) in [6.45, 7) is 2.03. The summed E-state index contributed by atoms with van der Waals surface area (Å²) in [5.74, 6) is 0. The molecule has 13 heavy (non-hydrogen) atoms. The number of para-hydroxylation sites is 1. The molecule has 0 spiro atoms. The Labute approximate surface area is 76.9 Å². The second-order valence-corrected chi connectivity index (χ2v) is 3.11. The summed E-state index contributed by atoms with van der Waals surface area (Å²) in [6, 6.07) is 9.90. The SMILES string of the molecule is Cc1cccc2ccc(CO)nc12. The summed E-state index contributed by atoms with van der Waals surface area (Å²) < 4.78 is 0. The molecule has 0 fully saturated rings. The maximum Gasteiger partial charge on any atom is 0.0853 e. The highest BCUT2D eigenvalue weighted by atomic mass is 16.3. The molecular weight excluding hydrogens is 162 g/mol. The molecule has 2 nitrogen and oxygen atoms in total. The number of pyridine rings is 1. The third kappa shape index (κ3) is 1.40. The van der Waals surface area contributed by atoms with Crippen molar-refractivity contribution in [1.82, 2.24) is 4.98 Å². The van der Waals surface area contributed by atoms with E-state index in [4.69, 9.17) is 5.11 Å². The van der Waals surface area contributed by atoms with Crippen molar-refractivity contribution >= 4 is 10.9 Å². The highest BCUT2D eigenvalue weighted by molar-refractivity contribution is 5.81. The largest absolute Gasteiger partial charge is 0.390 e. The van der Waals surface area contributed by atoms with Gasteiger partial charge < -0.3 is 5.11 Å². The fraction of sp³-hybridized carbons (Fsp3) is 0.182. The normalized spacial score (nSPS) is 10.6. The molecule has 66 valence electrons. The minimum Gasteiger partial charge on any atom is -0.390 e. The minimum atomic E-state index is 0.00424. The van der Waals surface area contributed by atoms with Crippen molar-refractivity contribution in [2.24, 2.45) is 0 Å². The van der Waals surface area contributed by atoms with Crippen LogP contribution >= 0.6 is 0 Å². The van der Waals surface area contributed by atoms with E-state index in [0.717, 1.165) is 22.2 Å². The topological polar surface area (TPSA) is 33.1 Å². The van der Waals surface area contributed by atoms with Gasteiger partial charge in [0.2, 0.25) is 0 Å². The molecule has 0 aliphatic carbocycles. The first-order valence-corrected chi connectivity index (χ1v) is 4.27. The van der Waals surface area contributed by atoms with Crippen LogP contribution in [0.4, 0.5) is 0 Å². The van der Waals surface area contributed by atoms with Crippen LogP contribution in [0.1, 0.15) is 11.3 Å². The molecule has 0 saturated carbocycles. The zero-order valence-electron chi connectivity index (χ0n) is 7.49. The van der Waals surface area contributed by atoms with Gasteiger partial charge in [-0.2, -0.15) is 0 Å². The predicted octanol–water partition coefficient (Wildman–Crippen LogP) is 2.04. The first-order chi connectivity index (χ1) is 6.31. The van der Waals surface area contributed by atoms with E-state index in [0.29, 0.717) is 0 Å². The van der Waals surface area contributed by atoms with Gasteiger partial charge in [-0.25, -0.2) is 0 Å².